The van der Waals surface area contributed by atoms with Gasteiger partial charge in [0.05, 0.1) is 7.11 Å². The number of phenols is 1. The third-order valence-electron chi connectivity index (χ3n) is 7.05. The molecular formula is C31H41N3O7. The molecule has 4 unspecified atom stereocenters. The Morgan fingerprint density at radius 1 is 1.05 bits per heavy atom. The van der Waals surface area contributed by atoms with Crippen molar-refractivity contribution in [2.24, 2.45) is 5.92 Å². The fraction of sp³-hybridized carbons (Fsp3) is 0.484. The summed E-state index contributed by atoms with van der Waals surface area (Å²) in [6, 6.07) is 9.48. The minimum atomic E-state index is -1.08. The zero-order valence-electron chi connectivity index (χ0n) is 24.8. The highest BCUT2D eigenvalue weighted by Crippen LogP contribution is 2.41. The summed E-state index contributed by atoms with van der Waals surface area (Å²) in [5, 5.41) is 15.1. The van der Waals surface area contributed by atoms with Crippen LogP contribution in [0.25, 0.3) is 0 Å². The van der Waals surface area contributed by atoms with E-state index < -0.39 is 41.6 Å². The predicted octanol–water partition coefficient (Wildman–Crippen LogP) is 3.71. The molecule has 0 heterocycles. The van der Waals surface area contributed by atoms with Crippen LogP contribution in [0.1, 0.15) is 62.4 Å². The van der Waals surface area contributed by atoms with E-state index in [9.17, 15) is 24.3 Å². The van der Waals surface area contributed by atoms with Crippen LogP contribution in [0.15, 0.2) is 42.5 Å². The van der Waals surface area contributed by atoms with Gasteiger partial charge in [-0.1, -0.05) is 37.3 Å². The standard InChI is InChI=1S/C31H41N3O7/c1-18-8-11-22(14-19(18)2)27(28(37)32-17-26(36)40-7)34(25-15-20(25)3)29(38)24(33-30(39)41-31(4,5)6)16-21-9-12-23(35)13-10-21/h8-14,20,24-25,27,35H,15-17H2,1-7H3,(H,32,37)(H,33,39). The molecule has 2 aromatic carbocycles. The second-order valence-electron chi connectivity index (χ2n) is 11.6. The normalized spacial score (nSPS) is 17.5. The molecular weight excluding hydrogens is 526 g/mol. The summed E-state index contributed by atoms with van der Waals surface area (Å²) in [5.74, 6) is -1.42. The average Bonchev–Trinajstić information content (AvgIpc) is 3.62. The quantitative estimate of drug-likeness (QED) is 0.373. The highest BCUT2D eigenvalue weighted by atomic mass is 16.6. The van der Waals surface area contributed by atoms with E-state index in [4.69, 9.17) is 4.74 Å². The van der Waals surface area contributed by atoms with Crippen molar-refractivity contribution in [3.63, 3.8) is 0 Å². The number of nitrogens with one attached hydrogen (secondary N) is 2. The van der Waals surface area contributed by atoms with E-state index in [2.05, 4.69) is 15.4 Å². The Labute approximate surface area is 241 Å². The fourth-order valence-electron chi connectivity index (χ4n) is 4.57. The Balaban J connectivity index is 2.05. The summed E-state index contributed by atoms with van der Waals surface area (Å²) in [7, 11) is 1.23. The minimum absolute atomic E-state index is 0.0715. The highest BCUT2D eigenvalue weighted by molar-refractivity contribution is 5.93. The molecule has 3 amide bonds. The monoisotopic (exact) mass is 567 g/mol. The molecule has 0 saturated heterocycles. The van der Waals surface area contributed by atoms with Gasteiger partial charge in [0.15, 0.2) is 0 Å². The Bertz CT molecular complexity index is 1270. The molecule has 0 aliphatic heterocycles. The van der Waals surface area contributed by atoms with E-state index in [1.54, 1.807) is 39.0 Å². The first kappa shape index (κ1) is 31.4. The summed E-state index contributed by atoms with van der Waals surface area (Å²) >= 11 is 0. The molecule has 10 nitrogen and oxygen atoms in total. The van der Waals surface area contributed by atoms with Gasteiger partial charge >= 0.3 is 12.1 Å². The van der Waals surface area contributed by atoms with E-state index in [1.165, 1.54) is 24.1 Å². The first-order valence-corrected chi connectivity index (χ1v) is 13.7. The molecule has 1 aliphatic rings. The zero-order chi connectivity index (χ0) is 30.5. The fourth-order valence-corrected chi connectivity index (χ4v) is 4.57. The maximum atomic E-state index is 14.4. The van der Waals surface area contributed by atoms with E-state index in [0.29, 0.717) is 17.5 Å². The predicted molar refractivity (Wildman–Crippen MR) is 153 cm³/mol. The van der Waals surface area contributed by atoms with Gasteiger partial charge in [0.1, 0.15) is 30.0 Å². The number of phenolic OH excluding ortho intramolecular Hbond substituents is 1. The third-order valence-corrected chi connectivity index (χ3v) is 7.05. The molecule has 0 bridgehead atoms. The van der Waals surface area contributed by atoms with Crippen molar-refractivity contribution in [2.45, 2.75) is 78.1 Å². The second kappa shape index (κ2) is 13.1. The number of hydrogen-bond acceptors (Lipinski definition) is 7. The van der Waals surface area contributed by atoms with Crippen molar-refractivity contribution in [3.8, 4) is 5.75 Å². The second-order valence-corrected chi connectivity index (χ2v) is 11.6. The topological polar surface area (TPSA) is 134 Å². The molecule has 1 aliphatic carbocycles. The Morgan fingerprint density at radius 3 is 2.22 bits per heavy atom. The SMILES string of the molecule is COC(=O)CNC(=O)C(c1ccc(C)c(C)c1)N(C(=O)C(Cc1ccc(O)cc1)NC(=O)OC(C)(C)C)C1CC1C. The van der Waals surface area contributed by atoms with E-state index in [1.807, 2.05) is 32.9 Å². The number of carbonyl (C=O) groups excluding carboxylic acids is 4. The van der Waals surface area contributed by atoms with Crippen molar-refractivity contribution in [3.05, 3.63) is 64.7 Å². The van der Waals surface area contributed by atoms with Gasteiger partial charge in [-0.25, -0.2) is 4.79 Å². The number of esters is 1. The summed E-state index contributed by atoms with van der Waals surface area (Å²) in [6.45, 7) is 10.7. The smallest absolute Gasteiger partial charge is 0.408 e. The summed E-state index contributed by atoms with van der Waals surface area (Å²) < 4.78 is 10.1. The zero-order valence-corrected chi connectivity index (χ0v) is 24.8. The summed E-state index contributed by atoms with van der Waals surface area (Å²) in [5.41, 5.74) is 2.45. The van der Waals surface area contributed by atoms with E-state index in [0.717, 1.165) is 11.1 Å². The lowest BCUT2D eigenvalue weighted by Gasteiger charge is -2.35. The average molecular weight is 568 g/mol. The molecule has 10 heteroatoms. The number of ether oxygens (including phenoxy) is 2. The summed E-state index contributed by atoms with van der Waals surface area (Å²) in [6.07, 6.45) is 0.00561. The number of alkyl carbamates (subject to hydrolysis) is 1. The number of methoxy groups -OCH3 is 1. The molecule has 0 radical (unpaired) electrons. The van der Waals surface area contributed by atoms with Gasteiger partial charge in [-0.2, -0.15) is 0 Å². The van der Waals surface area contributed by atoms with Gasteiger partial charge in [0, 0.05) is 12.5 Å². The molecule has 1 fully saturated rings. The van der Waals surface area contributed by atoms with Crippen LogP contribution in [0.2, 0.25) is 0 Å². The Hall–Kier alpha value is -4.08. The number of nitrogens with zero attached hydrogens (tertiary/aromatic N) is 1. The summed E-state index contributed by atoms with van der Waals surface area (Å²) in [4.78, 5) is 54.4. The first-order chi connectivity index (χ1) is 19.2. The van der Waals surface area contributed by atoms with Crippen molar-refractivity contribution in [1.82, 2.24) is 15.5 Å². The lowest BCUT2D eigenvalue weighted by Crippen LogP contribution is -2.55. The van der Waals surface area contributed by atoms with Crippen LogP contribution in [0.5, 0.6) is 5.75 Å². The number of hydrogen-bond donors (Lipinski definition) is 3. The number of carbonyl (C=O) groups is 4. The van der Waals surface area contributed by atoms with Crippen molar-refractivity contribution in [2.75, 3.05) is 13.7 Å². The molecule has 4 atom stereocenters. The Morgan fingerprint density at radius 2 is 1.68 bits per heavy atom. The van der Waals surface area contributed by atoms with Crippen LogP contribution in [0, 0.1) is 19.8 Å². The number of amides is 3. The van der Waals surface area contributed by atoms with Gasteiger partial charge in [-0.15, -0.1) is 0 Å². The molecule has 3 rings (SSSR count). The van der Waals surface area contributed by atoms with Gasteiger partial charge in [-0.3, -0.25) is 14.4 Å². The lowest BCUT2D eigenvalue weighted by molar-refractivity contribution is -0.145. The number of rotatable bonds is 10. The maximum absolute atomic E-state index is 14.4. The molecule has 222 valence electrons. The van der Waals surface area contributed by atoms with Crippen LogP contribution in [0.3, 0.4) is 0 Å². The van der Waals surface area contributed by atoms with E-state index in [-0.39, 0.29) is 30.7 Å². The number of aromatic hydroxyl groups is 1. The van der Waals surface area contributed by atoms with E-state index >= 15 is 0 Å². The lowest BCUT2D eigenvalue weighted by atomic mass is 9.97. The Kier molecular flexibility index (Phi) is 10.0. The van der Waals surface area contributed by atoms with Gasteiger partial charge in [-0.05, 0) is 81.3 Å². The van der Waals surface area contributed by atoms with Crippen LogP contribution in [-0.2, 0) is 30.3 Å². The van der Waals surface area contributed by atoms with Crippen molar-refractivity contribution >= 4 is 23.9 Å². The maximum Gasteiger partial charge on any atom is 0.408 e. The number of aryl methyl sites for hydroxylation is 2. The molecule has 3 N–H and O–H groups in total. The first-order valence-electron chi connectivity index (χ1n) is 13.7. The molecule has 0 spiro atoms. The van der Waals surface area contributed by atoms with Crippen LogP contribution in [-0.4, -0.2) is 65.2 Å². The largest absolute Gasteiger partial charge is 0.508 e. The molecule has 41 heavy (non-hydrogen) atoms. The van der Waals surface area contributed by atoms with Crippen molar-refractivity contribution in [1.29, 1.82) is 0 Å². The van der Waals surface area contributed by atoms with Crippen LogP contribution < -0.4 is 10.6 Å². The van der Waals surface area contributed by atoms with Crippen LogP contribution >= 0.6 is 0 Å². The van der Waals surface area contributed by atoms with Gasteiger partial charge in [0.2, 0.25) is 11.8 Å². The minimum Gasteiger partial charge on any atom is -0.508 e. The van der Waals surface area contributed by atoms with Crippen LogP contribution in [0.4, 0.5) is 4.79 Å². The van der Waals surface area contributed by atoms with Crippen molar-refractivity contribution < 1.29 is 33.8 Å². The molecule has 2 aromatic rings. The third kappa shape index (κ3) is 8.70. The highest BCUT2D eigenvalue weighted by Gasteiger charge is 2.48. The molecule has 1 saturated carbocycles. The molecule has 0 aromatic heterocycles. The number of benzene rings is 2. The van der Waals surface area contributed by atoms with Gasteiger partial charge < -0.3 is 30.1 Å². The van der Waals surface area contributed by atoms with Gasteiger partial charge in [0.25, 0.3) is 0 Å².